The van der Waals surface area contributed by atoms with E-state index in [1.165, 1.54) is 0 Å². The van der Waals surface area contributed by atoms with Crippen LogP contribution < -0.4 is 15.8 Å². The predicted molar refractivity (Wildman–Crippen MR) is 100 cm³/mol. The fraction of sp³-hybridized carbons (Fsp3) is 0.389. The Hall–Kier alpha value is -2.58. The van der Waals surface area contributed by atoms with E-state index in [-0.39, 0.29) is 24.5 Å². The average Bonchev–Trinajstić information content (AvgIpc) is 3.08. The topological polar surface area (TPSA) is 128 Å². The number of nitrogens with one attached hydrogen (secondary N) is 1. The minimum atomic E-state index is -1.10. The van der Waals surface area contributed by atoms with Crippen LogP contribution in [0.15, 0.2) is 22.7 Å². The predicted octanol–water partition coefficient (Wildman–Crippen LogP) is 1.79. The average molecular weight is 396 g/mol. The van der Waals surface area contributed by atoms with Crippen LogP contribution in [0.3, 0.4) is 0 Å². The molecule has 0 spiro atoms. The maximum atomic E-state index is 12.5. The van der Waals surface area contributed by atoms with Gasteiger partial charge in [-0.25, -0.2) is 4.79 Å². The minimum absolute atomic E-state index is 0. The largest absolute Gasteiger partial charge is 0.497 e. The summed E-state index contributed by atoms with van der Waals surface area (Å²) in [6.07, 6.45) is 2.07. The summed E-state index contributed by atoms with van der Waals surface area (Å²) in [7, 11) is 1.61. The van der Waals surface area contributed by atoms with Crippen molar-refractivity contribution in [2.24, 2.45) is 5.73 Å². The van der Waals surface area contributed by atoms with Crippen LogP contribution in [0.1, 0.15) is 34.5 Å². The van der Waals surface area contributed by atoms with E-state index in [1.54, 1.807) is 7.11 Å². The molecule has 2 aromatic rings. The van der Waals surface area contributed by atoms with Gasteiger partial charge in [0, 0.05) is 11.1 Å². The number of nitrogens with zero attached hydrogens (tertiary/aromatic N) is 1. The number of carboxylic acids is 1. The van der Waals surface area contributed by atoms with Gasteiger partial charge in [-0.3, -0.25) is 4.79 Å². The number of nitrogens with two attached hydrogens (primary N) is 1. The highest BCUT2D eigenvalue weighted by Crippen LogP contribution is 2.37. The highest BCUT2D eigenvalue weighted by atomic mass is 35.5. The lowest BCUT2D eigenvalue weighted by molar-refractivity contribution is -0.139. The Labute approximate surface area is 162 Å². The van der Waals surface area contributed by atoms with Gasteiger partial charge in [-0.2, -0.15) is 0 Å². The minimum Gasteiger partial charge on any atom is -0.497 e. The third kappa shape index (κ3) is 4.23. The number of hydrogen-bond donors (Lipinski definition) is 3. The number of carbonyl (C=O) groups excluding carboxylic acids is 1. The first kappa shape index (κ1) is 20.7. The highest BCUT2D eigenvalue weighted by Gasteiger charge is 2.29. The van der Waals surface area contributed by atoms with Crippen molar-refractivity contribution in [2.75, 3.05) is 13.7 Å². The van der Waals surface area contributed by atoms with Crippen molar-refractivity contribution in [2.45, 2.75) is 31.7 Å². The summed E-state index contributed by atoms with van der Waals surface area (Å²) < 4.78 is 10.6. The fourth-order valence-corrected chi connectivity index (χ4v) is 3.12. The summed E-state index contributed by atoms with van der Waals surface area (Å²) in [5.74, 6) is -0.334. The molecular formula is C18H22ClN3O5. The maximum Gasteiger partial charge on any atom is 0.326 e. The lowest BCUT2D eigenvalue weighted by Gasteiger charge is -2.16. The number of fused-ring (bicyclic) bond motifs is 3. The van der Waals surface area contributed by atoms with Crippen molar-refractivity contribution >= 4 is 24.3 Å². The number of benzene rings is 1. The molecule has 1 heterocycles. The number of hydrogen-bond acceptors (Lipinski definition) is 6. The summed E-state index contributed by atoms with van der Waals surface area (Å²) in [5, 5.41) is 15.7. The van der Waals surface area contributed by atoms with E-state index in [0.717, 1.165) is 23.3 Å². The molecule has 1 aliphatic rings. The van der Waals surface area contributed by atoms with Gasteiger partial charge in [0.2, 0.25) is 0 Å². The van der Waals surface area contributed by atoms with Crippen LogP contribution in [0, 0.1) is 0 Å². The van der Waals surface area contributed by atoms with Crippen LogP contribution in [0.2, 0.25) is 0 Å². The Balaban J connectivity index is 0.00000261. The van der Waals surface area contributed by atoms with E-state index in [1.807, 2.05) is 18.2 Å². The van der Waals surface area contributed by atoms with Crippen LogP contribution in [0.5, 0.6) is 5.75 Å². The van der Waals surface area contributed by atoms with E-state index >= 15 is 0 Å². The van der Waals surface area contributed by atoms with Crippen molar-refractivity contribution in [3.8, 4) is 17.1 Å². The lowest BCUT2D eigenvalue weighted by atomic mass is 9.89. The molecule has 0 aliphatic heterocycles. The van der Waals surface area contributed by atoms with E-state index in [9.17, 15) is 14.7 Å². The molecule has 8 nitrogen and oxygen atoms in total. The van der Waals surface area contributed by atoms with E-state index in [0.29, 0.717) is 30.7 Å². The van der Waals surface area contributed by atoms with Gasteiger partial charge < -0.3 is 25.4 Å². The summed E-state index contributed by atoms with van der Waals surface area (Å²) in [5.41, 5.74) is 8.19. The molecule has 9 heteroatoms. The molecule has 0 unspecified atom stereocenters. The number of aromatic nitrogens is 1. The summed E-state index contributed by atoms with van der Waals surface area (Å²) in [4.78, 5) is 23.8. The van der Waals surface area contributed by atoms with Crippen molar-refractivity contribution in [1.29, 1.82) is 0 Å². The number of aliphatic carboxylic acids is 1. The number of aryl methyl sites for hydroxylation is 1. The van der Waals surface area contributed by atoms with Crippen molar-refractivity contribution in [3.05, 3.63) is 35.0 Å². The van der Waals surface area contributed by atoms with Gasteiger partial charge in [-0.15, -0.1) is 12.4 Å². The van der Waals surface area contributed by atoms with Crippen LogP contribution in [0.25, 0.3) is 11.3 Å². The van der Waals surface area contributed by atoms with Crippen molar-refractivity contribution in [1.82, 2.24) is 10.5 Å². The Morgan fingerprint density at radius 2 is 2.19 bits per heavy atom. The smallest absolute Gasteiger partial charge is 0.326 e. The quantitative estimate of drug-likeness (QED) is 0.652. The van der Waals surface area contributed by atoms with Crippen molar-refractivity contribution < 1.29 is 24.0 Å². The molecule has 27 heavy (non-hydrogen) atoms. The zero-order chi connectivity index (χ0) is 18.7. The third-order valence-corrected chi connectivity index (χ3v) is 4.50. The lowest BCUT2D eigenvalue weighted by Crippen LogP contribution is -2.41. The van der Waals surface area contributed by atoms with E-state index < -0.39 is 17.9 Å². The Morgan fingerprint density at radius 1 is 1.41 bits per heavy atom. The van der Waals surface area contributed by atoms with E-state index in [4.69, 9.17) is 15.0 Å². The van der Waals surface area contributed by atoms with Gasteiger partial charge in [-0.05, 0) is 56.0 Å². The van der Waals surface area contributed by atoms with Gasteiger partial charge in [0.05, 0.1) is 7.11 Å². The summed E-state index contributed by atoms with van der Waals surface area (Å²) >= 11 is 0. The molecular weight excluding hydrogens is 374 g/mol. The molecule has 4 N–H and O–H groups in total. The molecule has 3 rings (SSSR count). The Bertz CT molecular complexity index is 836. The molecule has 0 fully saturated rings. The number of carboxylic acid groups (broad SMARTS) is 1. The zero-order valence-electron chi connectivity index (χ0n) is 14.9. The number of rotatable bonds is 7. The van der Waals surface area contributed by atoms with Crippen molar-refractivity contribution in [3.63, 3.8) is 0 Å². The first-order valence-electron chi connectivity index (χ1n) is 8.44. The number of amides is 1. The first-order valence-corrected chi connectivity index (χ1v) is 8.44. The van der Waals surface area contributed by atoms with Crippen LogP contribution in [-0.2, 0) is 17.6 Å². The molecule has 0 bridgehead atoms. The second-order valence-electron chi connectivity index (χ2n) is 6.16. The van der Waals surface area contributed by atoms with Crippen LogP contribution in [-0.4, -0.2) is 41.8 Å². The zero-order valence-corrected chi connectivity index (χ0v) is 15.7. The molecule has 1 atom stereocenters. The molecule has 1 amide bonds. The summed E-state index contributed by atoms with van der Waals surface area (Å²) in [6.45, 7) is 0.360. The van der Waals surface area contributed by atoms with Crippen LogP contribution in [0.4, 0.5) is 0 Å². The molecule has 146 valence electrons. The first-order chi connectivity index (χ1) is 12.5. The second kappa shape index (κ2) is 8.88. The molecule has 0 radical (unpaired) electrons. The summed E-state index contributed by atoms with van der Waals surface area (Å²) in [6, 6.07) is 4.64. The number of ether oxygens (including phenoxy) is 1. The monoisotopic (exact) mass is 395 g/mol. The van der Waals surface area contributed by atoms with Gasteiger partial charge in [0.15, 0.2) is 11.5 Å². The number of methoxy groups -OCH3 is 1. The van der Waals surface area contributed by atoms with Gasteiger partial charge >= 0.3 is 5.97 Å². The fourth-order valence-electron chi connectivity index (χ4n) is 3.12. The van der Waals surface area contributed by atoms with Gasteiger partial charge in [-0.1, -0.05) is 5.16 Å². The number of halogens is 1. The van der Waals surface area contributed by atoms with E-state index in [2.05, 4.69) is 10.5 Å². The molecule has 0 saturated heterocycles. The SMILES string of the molecule is COc1ccc2c(c1)CCc1c(C(=O)N[C@@H](CCCN)C(=O)O)noc1-2.Cl. The Morgan fingerprint density at radius 3 is 2.85 bits per heavy atom. The molecule has 1 aliphatic carbocycles. The molecule has 0 saturated carbocycles. The maximum absolute atomic E-state index is 12.5. The number of carbonyl (C=O) groups is 2. The Kier molecular flexibility index (Phi) is 6.81. The highest BCUT2D eigenvalue weighted by molar-refractivity contribution is 5.97. The normalized spacial score (nSPS) is 13.0. The molecule has 1 aromatic heterocycles. The van der Waals surface area contributed by atoms with Gasteiger partial charge in [0.1, 0.15) is 11.8 Å². The van der Waals surface area contributed by atoms with Gasteiger partial charge in [0.25, 0.3) is 5.91 Å². The standard InChI is InChI=1S/C18H21N3O5.ClH/c1-25-11-5-7-12-10(9-11)4-6-13-15(21-26-16(12)13)17(22)20-14(18(23)24)3-2-8-19;/h5,7,9,14H,2-4,6,8,19H2,1H3,(H,20,22)(H,23,24);1H/t14-;/m0./s1. The van der Waals surface area contributed by atoms with Crippen LogP contribution >= 0.6 is 12.4 Å². The molecule has 1 aromatic carbocycles. The third-order valence-electron chi connectivity index (χ3n) is 4.50. The second-order valence-corrected chi connectivity index (χ2v) is 6.16.